The molecule has 1 aromatic heterocycles. The molecule has 16 heavy (non-hydrogen) atoms. The summed E-state index contributed by atoms with van der Waals surface area (Å²) in [5, 5.41) is 4.37. The SMILES string of the molecule is Clc1cc(Br)cnc1NC1CCC(Cl)CC1. The Labute approximate surface area is 114 Å². The van der Waals surface area contributed by atoms with E-state index in [2.05, 4.69) is 26.2 Å². The summed E-state index contributed by atoms with van der Waals surface area (Å²) >= 11 is 15.5. The van der Waals surface area contributed by atoms with E-state index >= 15 is 0 Å². The van der Waals surface area contributed by atoms with Crippen LogP contribution < -0.4 is 5.32 Å². The normalized spacial score (nSPS) is 25.4. The number of nitrogens with zero attached hydrogens (tertiary/aromatic N) is 1. The van der Waals surface area contributed by atoms with E-state index in [1.54, 1.807) is 6.20 Å². The minimum Gasteiger partial charge on any atom is -0.366 e. The third-order valence-electron chi connectivity index (χ3n) is 2.81. The summed E-state index contributed by atoms with van der Waals surface area (Å²) in [4.78, 5) is 4.27. The molecule has 1 aliphatic carbocycles. The second-order valence-electron chi connectivity index (χ2n) is 4.08. The van der Waals surface area contributed by atoms with Crippen molar-refractivity contribution in [1.29, 1.82) is 0 Å². The topological polar surface area (TPSA) is 24.9 Å². The Morgan fingerprint density at radius 3 is 2.62 bits per heavy atom. The summed E-state index contributed by atoms with van der Waals surface area (Å²) in [6, 6.07) is 2.30. The highest BCUT2D eigenvalue weighted by Gasteiger charge is 2.20. The molecule has 0 aromatic carbocycles. The molecule has 0 aliphatic heterocycles. The summed E-state index contributed by atoms with van der Waals surface area (Å²) in [6.45, 7) is 0. The van der Waals surface area contributed by atoms with E-state index in [4.69, 9.17) is 23.2 Å². The Bertz CT molecular complexity index is 365. The lowest BCUT2D eigenvalue weighted by Crippen LogP contribution is -2.26. The quantitative estimate of drug-likeness (QED) is 0.813. The van der Waals surface area contributed by atoms with Gasteiger partial charge in [0.1, 0.15) is 5.82 Å². The van der Waals surface area contributed by atoms with Crippen molar-refractivity contribution in [1.82, 2.24) is 4.98 Å². The van der Waals surface area contributed by atoms with Crippen LogP contribution in [0.15, 0.2) is 16.7 Å². The van der Waals surface area contributed by atoms with Gasteiger partial charge in [0.05, 0.1) is 5.02 Å². The average molecular weight is 324 g/mol. The lowest BCUT2D eigenvalue weighted by molar-refractivity contribution is 0.467. The van der Waals surface area contributed by atoms with Gasteiger partial charge in [0.25, 0.3) is 0 Å². The zero-order valence-electron chi connectivity index (χ0n) is 8.72. The van der Waals surface area contributed by atoms with Crippen LogP contribution in [0.1, 0.15) is 25.7 Å². The number of hydrogen-bond donors (Lipinski definition) is 1. The van der Waals surface area contributed by atoms with E-state index in [1.165, 1.54) is 0 Å². The lowest BCUT2D eigenvalue weighted by atomic mass is 9.95. The molecular weight excluding hydrogens is 311 g/mol. The fraction of sp³-hybridized carbons (Fsp3) is 0.545. The standard InChI is InChI=1S/C11H13BrCl2N2/c12-7-5-10(14)11(15-6-7)16-9-3-1-8(13)2-4-9/h5-6,8-9H,1-4H2,(H,15,16). The molecule has 0 spiro atoms. The van der Waals surface area contributed by atoms with Crippen LogP contribution in [0.4, 0.5) is 5.82 Å². The first-order valence-corrected chi connectivity index (χ1v) is 6.97. The molecule has 1 aromatic rings. The molecule has 0 saturated heterocycles. The fourth-order valence-electron chi connectivity index (χ4n) is 1.91. The van der Waals surface area contributed by atoms with Gasteiger partial charge in [-0.2, -0.15) is 0 Å². The Kier molecular flexibility index (Phi) is 4.34. The van der Waals surface area contributed by atoms with Crippen molar-refractivity contribution in [2.24, 2.45) is 0 Å². The number of aromatic nitrogens is 1. The van der Waals surface area contributed by atoms with Gasteiger partial charge >= 0.3 is 0 Å². The molecule has 1 N–H and O–H groups in total. The maximum Gasteiger partial charge on any atom is 0.145 e. The van der Waals surface area contributed by atoms with E-state index in [9.17, 15) is 0 Å². The van der Waals surface area contributed by atoms with Gasteiger partial charge in [-0.3, -0.25) is 0 Å². The zero-order chi connectivity index (χ0) is 11.5. The van der Waals surface area contributed by atoms with Gasteiger partial charge in [0, 0.05) is 22.1 Å². The molecule has 1 aliphatic rings. The van der Waals surface area contributed by atoms with Crippen LogP contribution in [0.5, 0.6) is 0 Å². The van der Waals surface area contributed by atoms with Gasteiger partial charge < -0.3 is 5.32 Å². The molecule has 1 fully saturated rings. The van der Waals surface area contributed by atoms with Crippen molar-refractivity contribution in [2.75, 3.05) is 5.32 Å². The van der Waals surface area contributed by atoms with Crippen molar-refractivity contribution in [3.05, 3.63) is 21.8 Å². The molecule has 1 heterocycles. The van der Waals surface area contributed by atoms with E-state index in [1.807, 2.05) is 6.07 Å². The summed E-state index contributed by atoms with van der Waals surface area (Å²) in [7, 11) is 0. The second-order valence-corrected chi connectivity index (χ2v) is 6.02. The number of nitrogens with one attached hydrogen (secondary N) is 1. The van der Waals surface area contributed by atoms with Crippen molar-refractivity contribution in [3.63, 3.8) is 0 Å². The largest absolute Gasteiger partial charge is 0.366 e. The molecule has 2 nitrogen and oxygen atoms in total. The number of hydrogen-bond acceptors (Lipinski definition) is 2. The highest BCUT2D eigenvalue weighted by molar-refractivity contribution is 9.10. The Morgan fingerprint density at radius 2 is 2.00 bits per heavy atom. The first kappa shape index (κ1) is 12.5. The van der Waals surface area contributed by atoms with Gasteiger partial charge in [-0.15, -0.1) is 11.6 Å². The van der Waals surface area contributed by atoms with Crippen molar-refractivity contribution >= 4 is 44.9 Å². The van der Waals surface area contributed by atoms with Gasteiger partial charge in [0.2, 0.25) is 0 Å². The molecule has 1 saturated carbocycles. The highest BCUT2D eigenvalue weighted by atomic mass is 79.9. The minimum atomic E-state index is 0.339. The van der Waals surface area contributed by atoms with Gasteiger partial charge in [-0.25, -0.2) is 4.98 Å². The Balaban J connectivity index is 1.98. The van der Waals surface area contributed by atoms with Gasteiger partial charge in [-0.1, -0.05) is 11.6 Å². The van der Waals surface area contributed by atoms with Crippen LogP contribution in [-0.2, 0) is 0 Å². The number of pyridine rings is 1. The molecule has 0 unspecified atom stereocenters. The maximum absolute atomic E-state index is 6.10. The molecule has 0 amide bonds. The van der Waals surface area contributed by atoms with Gasteiger partial charge in [-0.05, 0) is 47.7 Å². The molecule has 2 rings (SSSR count). The van der Waals surface area contributed by atoms with Crippen LogP contribution >= 0.6 is 39.1 Å². The first-order valence-electron chi connectivity index (χ1n) is 5.37. The van der Waals surface area contributed by atoms with Gasteiger partial charge in [0.15, 0.2) is 0 Å². The summed E-state index contributed by atoms with van der Waals surface area (Å²) in [5.74, 6) is 0.767. The van der Waals surface area contributed by atoms with Crippen molar-refractivity contribution < 1.29 is 0 Å². The van der Waals surface area contributed by atoms with Crippen LogP contribution in [0.2, 0.25) is 5.02 Å². The smallest absolute Gasteiger partial charge is 0.145 e. The predicted molar refractivity (Wildman–Crippen MR) is 72.5 cm³/mol. The van der Waals surface area contributed by atoms with Crippen molar-refractivity contribution in [3.8, 4) is 0 Å². The summed E-state index contributed by atoms with van der Waals surface area (Å²) < 4.78 is 0.896. The van der Waals surface area contributed by atoms with Crippen LogP contribution in [-0.4, -0.2) is 16.4 Å². The molecule has 88 valence electrons. The fourth-order valence-corrected chi connectivity index (χ4v) is 2.85. The monoisotopic (exact) mass is 322 g/mol. The Morgan fingerprint density at radius 1 is 1.31 bits per heavy atom. The van der Waals surface area contributed by atoms with Crippen LogP contribution in [0, 0.1) is 0 Å². The highest BCUT2D eigenvalue weighted by Crippen LogP contribution is 2.28. The lowest BCUT2D eigenvalue weighted by Gasteiger charge is -2.26. The van der Waals surface area contributed by atoms with E-state index < -0.39 is 0 Å². The molecular formula is C11H13BrCl2N2. The Hall–Kier alpha value is 0.01000. The molecule has 0 atom stereocenters. The number of alkyl halides is 1. The van der Waals surface area contributed by atoms with E-state index in [-0.39, 0.29) is 0 Å². The summed E-state index contributed by atoms with van der Waals surface area (Å²) in [6.07, 6.45) is 6.05. The molecule has 0 radical (unpaired) electrons. The van der Waals surface area contributed by atoms with E-state index in [0.29, 0.717) is 16.4 Å². The molecule has 0 bridgehead atoms. The average Bonchev–Trinajstić information content (AvgIpc) is 2.25. The number of halogens is 3. The predicted octanol–water partition coefficient (Wildman–Crippen LogP) is 4.46. The zero-order valence-corrected chi connectivity index (χ0v) is 11.8. The third kappa shape index (κ3) is 3.25. The third-order valence-corrected chi connectivity index (χ3v) is 3.96. The van der Waals surface area contributed by atoms with Crippen LogP contribution in [0.3, 0.4) is 0 Å². The minimum absolute atomic E-state index is 0.339. The van der Waals surface area contributed by atoms with E-state index in [0.717, 1.165) is 36.0 Å². The number of rotatable bonds is 2. The number of anilines is 1. The maximum atomic E-state index is 6.10. The van der Waals surface area contributed by atoms with Crippen molar-refractivity contribution in [2.45, 2.75) is 37.1 Å². The summed E-state index contributed by atoms with van der Waals surface area (Å²) in [5.41, 5.74) is 0. The second kappa shape index (κ2) is 5.56. The molecule has 5 heteroatoms. The first-order chi connectivity index (χ1) is 7.65. The van der Waals surface area contributed by atoms with Crippen LogP contribution in [0.25, 0.3) is 0 Å².